The van der Waals surface area contributed by atoms with Gasteiger partial charge in [0.25, 0.3) is 0 Å². The maximum atomic E-state index is 11.6. The third kappa shape index (κ3) is 17.1. The zero-order valence-electron chi connectivity index (χ0n) is 16.2. The highest BCUT2D eigenvalue weighted by Crippen LogP contribution is 2.11. The van der Waals surface area contributed by atoms with E-state index in [2.05, 4.69) is 10.6 Å². The summed E-state index contributed by atoms with van der Waals surface area (Å²) in [5, 5.41) is 5.98. The fourth-order valence-corrected chi connectivity index (χ4v) is 2.42. The zero-order valence-corrected chi connectivity index (χ0v) is 16.2. The molecule has 0 aromatic carbocycles. The van der Waals surface area contributed by atoms with Crippen molar-refractivity contribution < 1.29 is 9.59 Å². The van der Waals surface area contributed by atoms with Crippen LogP contribution in [0.3, 0.4) is 0 Å². The van der Waals surface area contributed by atoms with Crippen molar-refractivity contribution >= 4 is 11.8 Å². The van der Waals surface area contributed by atoms with Gasteiger partial charge in [0.15, 0.2) is 0 Å². The fourth-order valence-electron chi connectivity index (χ4n) is 2.42. The van der Waals surface area contributed by atoms with E-state index in [4.69, 9.17) is 0 Å². The van der Waals surface area contributed by atoms with E-state index in [0.29, 0.717) is 12.8 Å². The molecule has 0 heterocycles. The van der Waals surface area contributed by atoms with Gasteiger partial charge in [0.05, 0.1) is 0 Å². The predicted octanol–water partition coefficient (Wildman–Crippen LogP) is 4.33. The number of carbonyl (C=O) groups is 2. The van der Waals surface area contributed by atoms with E-state index < -0.39 is 0 Å². The minimum Gasteiger partial charge on any atom is -0.352 e. The van der Waals surface area contributed by atoms with Crippen molar-refractivity contribution in [2.24, 2.45) is 0 Å². The third-order valence-electron chi connectivity index (χ3n) is 3.34. The second-order valence-corrected chi connectivity index (χ2v) is 8.57. The van der Waals surface area contributed by atoms with Gasteiger partial charge in [-0.25, -0.2) is 0 Å². The van der Waals surface area contributed by atoms with Crippen LogP contribution >= 0.6 is 0 Å². The molecule has 136 valence electrons. The van der Waals surface area contributed by atoms with E-state index in [9.17, 15) is 9.59 Å². The van der Waals surface area contributed by atoms with Crippen molar-refractivity contribution in [2.45, 2.75) is 110 Å². The van der Waals surface area contributed by atoms with Crippen LogP contribution in [0.15, 0.2) is 0 Å². The molecular weight excluding hydrogens is 288 g/mol. The summed E-state index contributed by atoms with van der Waals surface area (Å²) in [5.74, 6) is 0.310. The number of rotatable bonds is 10. The molecule has 0 aliphatic carbocycles. The maximum Gasteiger partial charge on any atom is 0.220 e. The molecule has 0 saturated carbocycles. The van der Waals surface area contributed by atoms with E-state index in [0.717, 1.165) is 25.7 Å². The van der Waals surface area contributed by atoms with Gasteiger partial charge in [0, 0.05) is 23.9 Å². The fraction of sp³-hybridized carbons (Fsp3) is 0.895. The van der Waals surface area contributed by atoms with Gasteiger partial charge in [-0.1, -0.05) is 32.1 Å². The Morgan fingerprint density at radius 3 is 1.09 bits per heavy atom. The van der Waals surface area contributed by atoms with Gasteiger partial charge in [-0.15, -0.1) is 0 Å². The molecule has 0 radical (unpaired) electrons. The summed E-state index contributed by atoms with van der Waals surface area (Å²) >= 11 is 0. The molecule has 23 heavy (non-hydrogen) atoms. The molecule has 2 N–H and O–H groups in total. The molecule has 4 nitrogen and oxygen atoms in total. The number of carbonyl (C=O) groups excluding carboxylic acids is 2. The first-order valence-corrected chi connectivity index (χ1v) is 9.12. The van der Waals surface area contributed by atoms with Crippen LogP contribution in [0.4, 0.5) is 0 Å². The van der Waals surface area contributed by atoms with Gasteiger partial charge in [-0.3, -0.25) is 9.59 Å². The number of nitrogens with one attached hydrogen (secondary N) is 2. The second-order valence-electron chi connectivity index (χ2n) is 8.57. The molecular formula is C19H38N2O2. The summed E-state index contributed by atoms with van der Waals surface area (Å²) in [6, 6.07) is 0. The lowest BCUT2D eigenvalue weighted by atomic mass is 10.1. The Bertz CT molecular complexity index is 317. The van der Waals surface area contributed by atoms with Crippen LogP contribution < -0.4 is 10.6 Å². The van der Waals surface area contributed by atoms with Crippen LogP contribution in [0.1, 0.15) is 99.3 Å². The molecule has 0 saturated heterocycles. The van der Waals surface area contributed by atoms with Crippen LogP contribution in [0, 0.1) is 0 Å². The summed E-state index contributed by atoms with van der Waals surface area (Å²) in [6.07, 6.45) is 8.97. The van der Waals surface area contributed by atoms with Gasteiger partial charge in [0.2, 0.25) is 11.8 Å². The van der Waals surface area contributed by atoms with Crippen molar-refractivity contribution in [3.63, 3.8) is 0 Å². The highest BCUT2D eigenvalue weighted by Gasteiger charge is 2.13. The van der Waals surface area contributed by atoms with Crippen molar-refractivity contribution in [3.05, 3.63) is 0 Å². The Balaban J connectivity index is 3.41. The summed E-state index contributed by atoms with van der Waals surface area (Å²) < 4.78 is 0. The first-order valence-electron chi connectivity index (χ1n) is 9.12. The van der Waals surface area contributed by atoms with Crippen LogP contribution in [0.5, 0.6) is 0 Å². The minimum absolute atomic E-state index is 0.129. The van der Waals surface area contributed by atoms with E-state index >= 15 is 0 Å². The topological polar surface area (TPSA) is 58.2 Å². The quantitative estimate of drug-likeness (QED) is 0.587. The minimum atomic E-state index is -0.129. The summed E-state index contributed by atoms with van der Waals surface area (Å²) in [4.78, 5) is 23.3. The maximum absolute atomic E-state index is 11.6. The molecule has 0 spiro atoms. The molecule has 0 bridgehead atoms. The van der Waals surface area contributed by atoms with Crippen molar-refractivity contribution in [1.29, 1.82) is 0 Å². The third-order valence-corrected chi connectivity index (χ3v) is 3.34. The van der Waals surface area contributed by atoms with Crippen LogP contribution in [-0.2, 0) is 9.59 Å². The molecule has 2 amide bonds. The Kier molecular flexibility index (Phi) is 10.2. The van der Waals surface area contributed by atoms with E-state index in [-0.39, 0.29) is 22.9 Å². The van der Waals surface area contributed by atoms with Crippen LogP contribution in [0.2, 0.25) is 0 Å². The smallest absolute Gasteiger partial charge is 0.220 e. The Hall–Kier alpha value is -1.06. The van der Waals surface area contributed by atoms with Gasteiger partial charge in [-0.05, 0) is 54.4 Å². The molecule has 4 heteroatoms. The zero-order chi connectivity index (χ0) is 17.9. The molecule has 0 aliphatic rings. The first-order chi connectivity index (χ1) is 10.5. The van der Waals surface area contributed by atoms with Gasteiger partial charge in [-0.2, -0.15) is 0 Å². The van der Waals surface area contributed by atoms with Crippen LogP contribution in [-0.4, -0.2) is 22.9 Å². The Morgan fingerprint density at radius 2 is 0.826 bits per heavy atom. The normalized spacial score (nSPS) is 12.1. The monoisotopic (exact) mass is 326 g/mol. The lowest BCUT2D eigenvalue weighted by molar-refractivity contribution is -0.123. The van der Waals surface area contributed by atoms with Gasteiger partial charge >= 0.3 is 0 Å². The molecule has 0 aromatic heterocycles. The van der Waals surface area contributed by atoms with E-state index in [1.807, 2.05) is 41.5 Å². The molecule has 0 unspecified atom stereocenters. The highest BCUT2D eigenvalue weighted by atomic mass is 16.2. The largest absolute Gasteiger partial charge is 0.352 e. The van der Waals surface area contributed by atoms with Gasteiger partial charge in [0.1, 0.15) is 0 Å². The predicted molar refractivity (Wildman–Crippen MR) is 97.3 cm³/mol. The van der Waals surface area contributed by atoms with Gasteiger partial charge < -0.3 is 10.6 Å². The average molecular weight is 327 g/mol. The lowest BCUT2D eigenvalue weighted by Crippen LogP contribution is -2.40. The van der Waals surface area contributed by atoms with Crippen molar-refractivity contribution in [2.75, 3.05) is 0 Å². The van der Waals surface area contributed by atoms with E-state index in [1.165, 1.54) is 19.3 Å². The number of unbranched alkanes of at least 4 members (excludes halogenated alkanes) is 6. The number of hydrogen-bond donors (Lipinski definition) is 2. The number of hydrogen-bond acceptors (Lipinski definition) is 2. The van der Waals surface area contributed by atoms with Crippen molar-refractivity contribution in [3.8, 4) is 0 Å². The molecule has 0 atom stereocenters. The summed E-state index contributed by atoms with van der Waals surface area (Å²) in [7, 11) is 0. The first kappa shape index (κ1) is 21.9. The van der Waals surface area contributed by atoms with Crippen LogP contribution in [0.25, 0.3) is 0 Å². The van der Waals surface area contributed by atoms with Crippen molar-refractivity contribution in [1.82, 2.24) is 10.6 Å². The molecule has 0 aliphatic heterocycles. The summed E-state index contributed by atoms with van der Waals surface area (Å²) in [6.45, 7) is 12.0. The SMILES string of the molecule is CC(C)(C)NC(=O)CCCCCCCCCC(=O)NC(C)(C)C. The standard InChI is InChI=1S/C19H38N2O2/c1-18(2,3)20-16(22)14-12-10-8-7-9-11-13-15-17(23)21-19(4,5)6/h7-15H2,1-6H3,(H,20,22)(H,21,23). The average Bonchev–Trinajstić information content (AvgIpc) is 2.32. The van der Waals surface area contributed by atoms with E-state index in [1.54, 1.807) is 0 Å². The summed E-state index contributed by atoms with van der Waals surface area (Å²) in [5.41, 5.74) is -0.257. The second kappa shape index (κ2) is 10.7. The molecule has 0 fully saturated rings. The number of amides is 2. The highest BCUT2D eigenvalue weighted by molar-refractivity contribution is 5.76. The molecule has 0 rings (SSSR count). The Morgan fingerprint density at radius 1 is 0.565 bits per heavy atom. The molecule has 0 aromatic rings. The lowest BCUT2D eigenvalue weighted by Gasteiger charge is -2.20. The Labute approximate surface area is 143 Å².